The smallest absolute Gasteiger partial charge is 0.258 e. The van der Waals surface area contributed by atoms with Crippen molar-refractivity contribution in [3.63, 3.8) is 0 Å². The number of hydrogen-bond donors (Lipinski definition) is 2. The average molecular weight is 155 g/mol. The Kier molecular flexibility index (Phi) is 2.07. The van der Waals surface area contributed by atoms with Gasteiger partial charge in [-0.05, 0) is 12.1 Å². The van der Waals surface area contributed by atoms with Crippen LogP contribution in [-0.2, 0) is 7.05 Å². The fourth-order valence-electron chi connectivity index (χ4n) is 0.815. The Hall–Kier alpha value is -1.13. The van der Waals surface area contributed by atoms with E-state index < -0.39 is 6.29 Å². The fraction of sp³-hybridized carbons (Fsp3) is 0.286. The summed E-state index contributed by atoms with van der Waals surface area (Å²) < 4.78 is 1.29. The third-order valence-corrected chi connectivity index (χ3v) is 1.43. The molecule has 0 saturated heterocycles. The predicted octanol–water partition coefficient (Wildman–Crippen LogP) is -0.631. The summed E-state index contributed by atoms with van der Waals surface area (Å²) in [6, 6.07) is 2.96. The van der Waals surface area contributed by atoms with E-state index in [-0.39, 0.29) is 11.1 Å². The molecule has 0 spiro atoms. The van der Waals surface area contributed by atoms with Gasteiger partial charge in [0.2, 0.25) is 0 Å². The lowest BCUT2D eigenvalue weighted by atomic mass is 10.3. The van der Waals surface area contributed by atoms with Crippen molar-refractivity contribution < 1.29 is 10.2 Å². The van der Waals surface area contributed by atoms with E-state index in [1.54, 1.807) is 19.3 Å². The molecule has 60 valence electrons. The molecule has 4 nitrogen and oxygen atoms in total. The van der Waals surface area contributed by atoms with E-state index in [1.165, 1.54) is 10.6 Å². The topological polar surface area (TPSA) is 62.5 Å². The second-order valence-corrected chi connectivity index (χ2v) is 2.25. The summed E-state index contributed by atoms with van der Waals surface area (Å²) in [5, 5.41) is 17.3. The van der Waals surface area contributed by atoms with Crippen molar-refractivity contribution in [2.75, 3.05) is 0 Å². The molecular formula is C7H9NO3. The van der Waals surface area contributed by atoms with Gasteiger partial charge in [-0.1, -0.05) is 0 Å². The zero-order valence-electron chi connectivity index (χ0n) is 6.06. The monoisotopic (exact) mass is 155 g/mol. The first-order valence-corrected chi connectivity index (χ1v) is 3.14. The molecule has 0 amide bonds. The molecular weight excluding hydrogens is 146 g/mol. The normalized spacial score (nSPS) is 10.5. The van der Waals surface area contributed by atoms with Crippen LogP contribution in [0.25, 0.3) is 0 Å². The van der Waals surface area contributed by atoms with Crippen LogP contribution in [-0.4, -0.2) is 14.8 Å². The lowest BCUT2D eigenvalue weighted by Gasteiger charge is -2.03. The van der Waals surface area contributed by atoms with Crippen molar-refractivity contribution in [1.82, 2.24) is 4.57 Å². The van der Waals surface area contributed by atoms with E-state index in [0.29, 0.717) is 0 Å². The molecule has 2 N–H and O–H groups in total. The zero-order valence-corrected chi connectivity index (χ0v) is 6.06. The predicted molar refractivity (Wildman–Crippen MR) is 38.9 cm³/mol. The van der Waals surface area contributed by atoms with Gasteiger partial charge in [0.15, 0.2) is 6.29 Å². The highest BCUT2D eigenvalue weighted by Crippen LogP contribution is 2.00. The number of aryl methyl sites for hydroxylation is 1. The highest BCUT2D eigenvalue weighted by Gasteiger charge is 2.06. The van der Waals surface area contributed by atoms with Gasteiger partial charge in [-0.25, -0.2) is 0 Å². The maximum atomic E-state index is 11.1. The highest BCUT2D eigenvalue weighted by molar-refractivity contribution is 5.10. The second kappa shape index (κ2) is 2.86. The van der Waals surface area contributed by atoms with E-state index in [9.17, 15) is 4.79 Å². The first kappa shape index (κ1) is 7.97. The number of pyridine rings is 1. The zero-order chi connectivity index (χ0) is 8.43. The van der Waals surface area contributed by atoms with E-state index in [1.807, 2.05) is 0 Å². The lowest BCUT2D eigenvalue weighted by Crippen LogP contribution is -2.21. The van der Waals surface area contributed by atoms with Crippen LogP contribution in [0.5, 0.6) is 0 Å². The maximum Gasteiger partial charge on any atom is 0.258 e. The largest absolute Gasteiger partial charge is 0.364 e. The summed E-state index contributed by atoms with van der Waals surface area (Å²) in [5.74, 6) is 0. The molecule has 0 atom stereocenters. The number of aliphatic hydroxyl groups excluding tert-OH is 1. The highest BCUT2D eigenvalue weighted by atomic mass is 16.5. The molecule has 0 aliphatic rings. The Morgan fingerprint density at radius 1 is 1.55 bits per heavy atom. The molecule has 1 heterocycles. The van der Waals surface area contributed by atoms with Crippen molar-refractivity contribution in [1.29, 1.82) is 0 Å². The quantitative estimate of drug-likeness (QED) is 0.531. The lowest BCUT2D eigenvalue weighted by molar-refractivity contribution is -0.0437. The summed E-state index contributed by atoms with van der Waals surface area (Å²) >= 11 is 0. The molecule has 0 bridgehead atoms. The van der Waals surface area contributed by atoms with E-state index in [0.717, 1.165) is 0 Å². The van der Waals surface area contributed by atoms with Crippen molar-refractivity contribution in [3.05, 3.63) is 34.2 Å². The number of nitrogens with zero attached hydrogens (tertiary/aromatic N) is 1. The van der Waals surface area contributed by atoms with Crippen LogP contribution >= 0.6 is 0 Å². The third-order valence-electron chi connectivity index (χ3n) is 1.43. The molecule has 0 radical (unpaired) electrons. The van der Waals surface area contributed by atoms with Crippen LogP contribution in [0.2, 0.25) is 0 Å². The van der Waals surface area contributed by atoms with Crippen LogP contribution in [0.4, 0.5) is 0 Å². The first-order chi connectivity index (χ1) is 5.13. The number of aliphatic hydroxyl groups is 2. The van der Waals surface area contributed by atoms with Crippen molar-refractivity contribution in [2.45, 2.75) is 6.29 Å². The summed E-state index contributed by atoms with van der Waals surface area (Å²) in [7, 11) is 1.55. The van der Waals surface area contributed by atoms with E-state index in [2.05, 4.69) is 0 Å². The van der Waals surface area contributed by atoms with Gasteiger partial charge in [-0.2, -0.15) is 0 Å². The Morgan fingerprint density at radius 2 is 2.18 bits per heavy atom. The Labute approximate surface area is 63.3 Å². The number of aromatic nitrogens is 1. The molecule has 0 saturated carbocycles. The molecule has 1 aromatic heterocycles. The molecule has 1 rings (SSSR count). The van der Waals surface area contributed by atoms with Crippen LogP contribution in [0, 0.1) is 0 Å². The fourth-order valence-corrected chi connectivity index (χ4v) is 0.815. The molecule has 11 heavy (non-hydrogen) atoms. The van der Waals surface area contributed by atoms with Gasteiger partial charge >= 0.3 is 0 Å². The third kappa shape index (κ3) is 1.47. The summed E-state index contributed by atoms with van der Waals surface area (Å²) in [4.78, 5) is 11.1. The van der Waals surface area contributed by atoms with Gasteiger partial charge in [0.05, 0.1) is 5.56 Å². The van der Waals surface area contributed by atoms with Crippen molar-refractivity contribution in [2.24, 2.45) is 7.05 Å². The van der Waals surface area contributed by atoms with Crippen molar-refractivity contribution in [3.8, 4) is 0 Å². The SMILES string of the molecule is Cn1cccc(C(O)O)c1=O. The van der Waals surface area contributed by atoms with Gasteiger partial charge in [-0.3, -0.25) is 4.79 Å². The summed E-state index contributed by atoms with van der Waals surface area (Å²) in [5.41, 5.74) is -0.391. The molecule has 0 aliphatic heterocycles. The molecule has 0 aliphatic carbocycles. The van der Waals surface area contributed by atoms with E-state index in [4.69, 9.17) is 10.2 Å². The van der Waals surface area contributed by atoms with Gasteiger partial charge in [-0.15, -0.1) is 0 Å². The van der Waals surface area contributed by atoms with Crippen LogP contribution < -0.4 is 5.56 Å². The standard InChI is InChI=1S/C7H9NO3/c1-8-4-2-3-5(6(8)9)7(10)11/h2-4,7,10-11H,1H3. The molecule has 0 fully saturated rings. The summed E-state index contributed by atoms with van der Waals surface area (Å²) in [6.45, 7) is 0. The summed E-state index contributed by atoms with van der Waals surface area (Å²) in [6.07, 6.45) is -0.135. The Balaban J connectivity index is 3.28. The van der Waals surface area contributed by atoms with E-state index >= 15 is 0 Å². The van der Waals surface area contributed by atoms with Gasteiger partial charge in [0.1, 0.15) is 0 Å². The minimum Gasteiger partial charge on any atom is -0.364 e. The van der Waals surface area contributed by atoms with Gasteiger partial charge < -0.3 is 14.8 Å². The maximum absolute atomic E-state index is 11.1. The minimum absolute atomic E-state index is 0.00463. The molecule has 0 aromatic carbocycles. The second-order valence-electron chi connectivity index (χ2n) is 2.25. The number of rotatable bonds is 1. The Bertz CT molecular complexity index is 303. The van der Waals surface area contributed by atoms with Crippen LogP contribution in [0.1, 0.15) is 11.9 Å². The van der Waals surface area contributed by atoms with Gasteiger partial charge in [0, 0.05) is 13.2 Å². The molecule has 0 unspecified atom stereocenters. The molecule has 4 heteroatoms. The Morgan fingerprint density at radius 3 is 2.64 bits per heavy atom. The molecule has 1 aromatic rings. The van der Waals surface area contributed by atoms with Crippen LogP contribution in [0.15, 0.2) is 23.1 Å². The van der Waals surface area contributed by atoms with Crippen LogP contribution in [0.3, 0.4) is 0 Å². The average Bonchev–Trinajstić information content (AvgIpc) is 1.94. The van der Waals surface area contributed by atoms with Gasteiger partial charge in [0.25, 0.3) is 5.56 Å². The minimum atomic E-state index is -1.69. The van der Waals surface area contributed by atoms with Crippen molar-refractivity contribution >= 4 is 0 Å². The number of hydrogen-bond acceptors (Lipinski definition) is 3. The first-order valence-electron chi connectivity index (χ1n) is 3.14.